The van der Waals surface area contributed by atoms with Gasteiger partial charge in [-0.15, -0.1) is 0 Å². The molecule has 3 nitrogen and oxygen atoms in total. The molecule has 29 heavy (non-hydrogen) atoms. The van der Waals surface area contributed by atoms with Gasteiger partial charge in [-0.2, -0.15) is 0 Å². The van der Waals surface area contributed by atoms with E-state index in [1.54, 1.807) is 29.4 Å². The minimum absolute atomic E-state index is 0.0437. The van der Waals surface area contributed by atoms with Crippen LogP contribution in [-0.2, 0) is 4.79 Å². The number of aromatic nitrogens is 1. The Morgan fingerprint density at radius 3 is 2.72 bits per heavy atom. The topological polar surface area (TPSA) is 33.2 Å². The van der Waals surface area contributed by atoms with Crippen LogP contribution in [0.5, 0.6) is 0 Å². The summed E-state index contributed by atoms with van der Waals surface area (Å²) in [7, 11) is 0. The van der Waals surface area contributed by atoms with Crippen LogP contribution in [0.4, 0.5) is 13.2 Å². The summed E-state index contributed by atoms with van der Waals surface area (Å²) in [6.07, 6.45) is 0.629. The predicted octanol–water partition coefficient (Wildman–Crippen LogP) is 4.53. The van der Waals surface area contributed by atoms with Crippen LogP contribution >= 0.6 is 0 Å². The van der Waals surface area contributed by atoms with Gasteiger partial charge in [0.15, 0.2) is 0 Å². The molecule has 1 aliphatic heterocycles. The number of nitrogens with zero attached hydrogens (tertiary/aromatic N) is 2. The fraction of sp³-hybridized carbons (Fsp3) is 0.391. The van der Waals surface area contributed by atoms with E-state index in [0.29, 0.717) is 12.1 Å². The second-order valence-electron chi connectivity index (χ2n) is 8.38. The van der Waals surface area contributed by atoms with Crippen LogP contribution in [0.1, 0.15) is 55.0 Å². The maximum atomic E-state index is 13.4. The molecule has 1 amide bonds. The first kappa shape index (κ1) is 19.5. The van der Waals surface area contributed by atoms with Crippen molar-refractivity contribution in [1.82, 2.24) is 9.88 Å². The summed E-state index contributed by atoms with van der Waals surface area (Å²) in [5.41, 5.74) is 1.46. The molecule has 1 aliphatic carbocycles. The van der Waals surface area contributed by atoms with E-state index in [2.05, 4.69) is 16.8 Å². The second-order valence-corrected chi connectivity index (χ2v) is 8.38. The lowest BCUT2D eigenvalue weighted by atomic mass is 9.68. The molecule has 1 unspecified atom stereocenters. The van der Waals surface area contributed by atoms with Crippen molar-refractivity contribution in [1.29, 1.82) is 0 Å². The quantitative estimate of drug-likeness (QED) is 0.697. The van der Waals surface area contributed by atoms with Crippen molar-refractivity contribution in [3.05, 3.63) is 64.7 Å². The molecule has 0 N–H and O–H groups in total. The van der Waals surface area contributed by atoms with E-state index in [0.717, 1.165) is 16.7 Å². The Morgan fingerprint density at radius 1 is 1.28 bits per heavy atom. The number of halogens is 3. The first-order valence-corrected chi connectivity index (χ1v) is 9.56. The number of hydrogen-bond donors (Lipinski definition) is 0. The third-order valence-electron chi connectivity index (χ3n) is 5.97. The summed E-state index contributed by atoms with van der Waals surface area (Å²) in [5.74, 6) is 5.32. The molecule has 0 radical (unpaired) electrons. The zero-order valence-electron chi connectivity index (χ0n) is 16.4. The van der Waals surface area contributed by atoms with Gasteiger partial charge in [0, 0.05) is 36.0 Å². The molecular weight excluding hydrogens is 377 g/mol. The van der Waals surface area contributed by atoms with Gasteiger partial charge >= 0.3 is 0 Å². The number of fused-ring (bicyclic) bond motifs is 4. The Labute approximate surface area is 167 Å². The lowest BCUT2D eigenvalue weighted by Gasteiger charge is -2.42. The molecule has 1 aromatic heterocycles. The lowest BCUT2D eigenvalue weighted by Crippen LogP contribution is -2.46. The summed E-state index contributed by atoms with van der Waals surface area (Å²) in [6.45, 7) is 5.02. The van der Waals surface area contributed by atoms with Crippen LogP contribution in [-0.4, -0.2) is 28.8 Å². The standard InChI is InChI=1S/C23H21F3N2O/c1-13-12-28(22(29)23(2,3)21(25)26)20-17-11-27-10-15(19(17)18(13)20)8-7-14-5-4-6-16(24)9-14/h4-6,9-11,13,18,20-21H,12H2,1-3H3/t13-,18?,20+/m0/s1. The third kappa shape index (κ3) is 3.09. The molecule has 3 atom stereocenters. The Morgan fingerprint density at radius 2 is 2.03 bits per heavy atom. The summed E-state index contributed by atoms with van der Waals surface area (Å²) in [4.78, 5) is 18.7. The molecule has 4 rings (SSSR count). The van der Waals surface area contributed by atoms with E-state index in [1.807, 2.05) is 6.92 Å². The summed E-state index contributed by atoms with van der Waals surface area (Å²) >= 11 is 0. The van der Waals surface area contributed by atoms with Gasteiger partial charge in [-0.1, -0.05) is 24.8 Å². The van der Waals surface area contributed by atoms with E-state index in [-0.39, 0.29) is 23.7 Å². The van der Waals surface area contributed by atoms with Crippen molar-refractivity contribution in [2.24, 2.45) is 11.3 Å². The normalized spacial score (nSPS) is 22.4. The maximum Gasteiger partial charge on any atom is 0.252 e. The van der Waals surface area contributed by atoms with Gasteiger partial charge in [0.1, 0.15) is 11.2 Å². The lowest BCUT2D eigenvalue weighted by molar-refractivity contribution is -0.150. The van der Waals surface area contributed by atoms with E-state index in [1.165, 1.54) is 26.0 Å². The number of hydrogen-bond acceptors (Lipinski definition) is 2. The highest BCUT2D eigenvalue weighted by Gasteiger charge is 2.55. The molecule has 1 saturated heterocycles. The number of benzene rings is 1. The summed E-state index contributed by atoms with van der Waals surface area (Å²) in [6, 6.07) is 5.81. The smallest absolute Gasteiger partial charge is 0.252 e. The summed E-state index contributed by atoms with van der Waals surface area (Å²) < 4.78 is 40.2. The van der Waals surface area contributed by atoms with E-state index in [4.69, 9.17) is 0 Å². The molecule has 2 aliphatic rings. The highest BCUT2D eigenvalue weighted by Crippen LogP contribution is 2.58. The first-order valence-electron chi connectivity index (χ1n) is 9.56. The summed E-state index contributed by atoms with van der Waals surface area (Å²) in [5, 5.41) is 0. The second kappa shape index (κ2) is 6.91. The van der Waals surface area contributed by atoms with Gasteiger partial charge in [-0.05, 0) is 49.1 Å². The number of amides is 1. The number of carbonyl (C=O) groups is 1. The molecule has 1 aromatic carbocycles. The molecule has 0 bridgehead atoms. The molecule has 1 fully saturated rings. The number of carbonyl (C=O) groups excluding carboxylic acids is 1. The van der Waals surface area contributed by atoms with Crippen LogP contribution in [0.2, 0.25) is 0 Å². The van der Waals surface area contributed by atoms with Crippen molar-refractivity contribution in [2.75, 3.05) is 6.54 Å². The molecule has 2 aromatic rings. The van der Waals surface area contributed by atoms with Crippen molar-refractivity contribution < 1.29 is 18.0 Å². The Hall–Kier alpha value is -2.81. The van der Waals surface area contributed by atoms with Gasteiger partial charge in [0.05, 0.1) is 6.04 Å². The largest absolute Gasteiger partial charge is 0.334 e. The first-order chi connectivity index (χ1) is 13.7. The third-order valence-corrected chi connectivity index (χ3v) is 5.97. The molecule has 6 heteroatoms. The van der Waals surface area contributed by atoms with Crippen LogP contribution in [0.15, 0.2) is 36.7 Å². The van der Waals surface area contributed by atoms with E-state index in [9.17, 15) is 18.0 Å². The Kier molecular flexibility index (Phi) is 4.65. The van der Waals surface area contributed by atoms with Crippen LogP contribution in [0.25, 0.3) is 0 Å². The molecule has 2 heterocycles. The fourth-order valence-electron chi connectivity index (χ4n) is 4.32. The average Bonchev–Trinajstić information content (AvgIpc) is 2.94. The van der Waals surface area contributed by atoms with Gasteiger partial charge in [0.25, 0.3) is 6.43 Å². The van der Waals surface area contributed by atoms with Crippen molar-refractivity contribution in [2.45, 2.75) is 39.2 Å². The van der Waals surface area contributed by atoms with Crippen molar-refractivity contribution >= 4 is 5.91 Å². The van der Waals surface area contributed by atoms with Gasteiger partial charge in [0.2, 0.25) is 5.91 Å². The van der Waals surface area contributed by atoms with E-state index >= 15 is 0 Å². The predicted molar refractivity (Wildman–Crippen MR) is 103 cm³/mol. The number of likely N-dealkylation sites (tertiary alicyclic amines) is 1. The van der Waals surface area contributed by atoms with Crippen LogP contribution in [0.3, 0.4) is 0 Å². The zero-order valence-corrected chi connectivity index (χ0v) is 16.4. The molecule has 0 saturated carbocycles. The van der Waals surface area contributed by atoms with Crippen molar-refractivity contribution in [3.8, 4) is 11.8 Å². The van der Waals surface area contributed by atoms with Crippen LogP contribution in [0, 0.1) is 29.0 Å². The SMILES string of the molecule is C[C@H]1CN(C(=O)C(C)(C)C(F)F)[C@@H]2c3cncc(C#Cc4cccc(F)c4)c3C21. The van der Waals surface area contributed by atoms with E-state index < -0.39 is 17.7 Å². The molecular formula is C23H21F3N2O. The average molecular weight is 398 g/mol. The highest BCUT2D eigenvalue weighted by atomic mass is 19.3. The monoisotopic (exact) mass is 398 g/mol. The van der Waals surface area contributed by atoms with Crippen LogP contribution < -0.4 is 0 Å². The van der Waals surface area contributed by atoms with Gasteiger partial charge in [-0.25, -0.2) is 13.2 Å². The van der Waals surface area contributed by atoms with Gasteiger partial charge < -0.3 is 4.90 Å². The molecule has 0 spiro atoms. The zero-order chi connectivity index (χ0) is 20.9. The highest BCUT2D eigenvalue weighted by molar-refractivity contribution is 5.84. The number of pyridine rings is 1. The number of rotatable bonds is 2. The maximum absolute atomic E-state index is 13.4. The number of alkyl halides is 2. The van der Waals surface area contributed by atoms with Gasteiger partial charge in [-0.3, -0.25) is 9.78 Å². The minimum atomic E-state index is -2.73. The van der Waals surface area contributed by atoms with Crippen molar-refractivity contribution in [3.63, 3.8) is 0 Å². The minimum Gasteiger partial charge on any atom is -0.334 e. The Balaban J connectivity index is 1.68. The fourth-order valence-corrected chi connectivity index (χ4v) is 4.32. The molecule has 150 valence electrons. The Bertz CT molecular complexity index is 1040.